The molecule has 0 radical (unpaired) electrons. The van der Waals surface area contributed by atoms with Crippen molar-refractivity contribution < 1.29 is 12.8 Å². The Hall–Kier alpha value is -1.94. The molecule has 1 atom stereocenters. The summed E-state index contributed by atoms with van der Waals surface area (Å²) in [4.78, 5) is 6.64. The quantitative estimate of drug-likeness (QED) is 0.775. The zero-order valence-corrected chi connectivity index (χ0v) is 16.2. The highest BCUT2D eigenvalue weighted by atomic mass is 32.2. The van der Waals surface area contributed by atoms with Crippen LogP contribution in [0.15, 0.2) is 41.1 Å². The Morgan fingerprint density at radius 3 is 2.63 bits per heavy atom. The number of anilines is 1. The van der Waals surface area contributed by atoms with Crippen LogP contribution in [0.25, 0.3) is 11.3 Å². The van der Waals surface area contributed by atoms with Gasteiger partial charge in [0.15, 0.2) is 0 Å². The van der Waals surface area contributed by atoms with Gasteiger partial charge in [-0.15, -0.1) is 0 Å². The van der Waals surface area contributed by atoms with Crippen LogP contribution in [0.5, 0.6) is 0 Å². The minimum absolute atomic E-state index is 0.114. The number of piperazine rings is 1. The van der Waals surface area contributed by atoms with Crippen molar-refractivity contribution in [2.24, 2.45) is 0 Å². The highest BCUT2D eigenvalue weighted by molar-refractivity contribution is 7.89. The molecule has 27 heavy (non-hydrogen) atoms. The highest BCUT2D eigenvalue weighted by Crippen LogP contribution is 2.23. The average Bonchev–Trinajstić information content (AvgIpc) is 3.34. The fourth-order valence-electron chi connectivity index (χ4n) is 3.63. The van der Waals surface area contributed by atoms with Gasteiger partial charge >= 0.3 is 0 Å². The first-order chi connectivity index (χ1) is 13.0. The van der Waals surface area contributed by atoms with E-state index in [1.54, 1.807) is 16.8 Å². The van der Waals surface area contributed by atoms with Crippen LogP contribution in [-0.4, -0.2) is 68.4 Å². The van der Waals surface area contributed by atoms with Crippen molar-refractivity contribution in [3.63, 3.8) is 0 Å². The summed E-state index contributed by atoms with van der Waals surface area (Å²) in [7, 11) is -3.30. The van der Waals surface area contributed by atoms with Crippen molar-refractivity contribution in [3.05, 3.63) is 36.7 Å². The van der Waals surface area contributed by atoms with Crippen LogP contribution in [0.1, 0.15) is 6.92 Å². The fraction of sp³-hybridized carbons (Fsp3) is 0.500. The van der Waals surface area contributed by atoms with Crippen LogP contribution in [0.4, 0.5) is 5.82 Å². The first-order valence-electron chi connectivity index (χ1n) is 9.14. The molecule has 8 nitrogen and oxygen atoms in total. The Bertz CT molecular complexity index is 853. The van der Waals surface area contributed by atoms with Crippen molar-refractivity contribution in [3.8, 4) is 11.3 Å². The minimum Gasteiger partial charge on any atom is -0.464 e. The Balaban J connectivity index is 1.37. The van der Waals surface area contributed by atoms with Crippen molar-refractivity contribution in [2.75, 3.05) is 50.0 Å². The van der Waals surface area contributed by atoms with Crippen LogP contribution in [-0.2, 0) is 10.0 Å². The van der Waals surface area contributed by atoms with Crippen LogP contribution >= 0.6 is 0 Å². The van der Waals surface area contributed by atoms with Crippen LogP contribution in [0.2, 0.25) is 0 Å². The molecule has 0 bridgehead atoms. The normalized spacial score (nSPS) is 24.4. The molecule has 4 rings (SSSR count). The predicted molar refractivity (Wildman–Crippen MR) is 104 cm³/mol. The second-order valence-electron chi connectivity index (χ2n) is 7.37. The standard InChI is InChI=1S/C18H25N5O3S/c1-18(12-19-14-21-18)13-27(24,25)23-8-6-22(7-9-23)17-5-4-15(11-20-17)16-3-2-10-26-16/h2-5,10-11,19,21H,6-9,12-14H2,1H3/t18-/m0/s1. The molecule has 0 spiro atoms. The number of hydrogen-bond donors (Lipinski definition) is 2. The maximum atomic E-state index is 12.8. The molecule has 0 amide bonds. The lowest BCUT2D eigenvalue weighted by Gasteiger charge is -2.36. The van der Waals surface area contributed by atoms with Crippen LogP contribution in [0, 0.1) is 0 Å². The average molecular weight is 391 g/mol. The molecule has 0 saturated carbocycles. The summed E-state index contributed by atoms with van der Waals surface area (Å²) in [6.07, 6.45) is 3.43. The SMILES string of the molecule is C[C@@]1(CS(=O)(=O)N2CCN(c3ccc(-c4ccco4)cn3)CC2)CNCN1. The van der Waals surface area contributed by atoms with Crippen molar-refractivity contribution in [1.29, 1.82) is 0 Å². The molecule has 2 aliphatic heterocycles. The summed E-state index contributed by atoms with van der Waals surface area (Å²) < 4.78 is 32.5. The smallest absolute Gasteiger partial charge is 0.216 e. The van der Waals surface area contributed by atoms with Gasteiger partial charge in [0.2, 0.25) is 10.0 Å². The Morgan fingerprint density at radius 2 is 2.04 bits per heavy atom. The maximum absolute atomic E-state index is 12.8. The van der Waals surface area contributed by atoms with Gasteiger partial charge in [0.05, 0.1) is 12.0 Å². The second-order valence-corrected chi connectivity index (χ2v) is 9.33. The van der Waals surface area contributed by atoms with Gasteiger partial charge in [-0.2, -0.15) is 4.31 Å². The molecule has 2 aromatic heterocycles. The van der Waals surface area contributed by atoms with Gasteiger partial charge in [-0.05, 0) is 31.2 Å². The molecule has 2 fully saturated rings. The van der Waals surface area contributed by atoms with Gasteiger partial charge < -0.3 is 14.6 Å². The lowest BCUT2D eigenvalue weighted by Crippen LogP contribution is -2.54. The highest BCUT2D eigenvalue weighted by Gasteiger charge is 2.37. The summed E-state index contributed by atoms with van der Waals surface area (Å²) >= 11 is 0. The predicted octanol–water partition coefficient (Wildman–Crippen LogP) is 0.702. The zero-order valence-electron chi connectivity index (χ0n) is 15.4. The second kappa shape index (κ2) is 7.23. The molecule has 146 valence electrons. The number of sulfonamides is 1. The van der Waals surface area contributed by atoms with Crippen molar-refractivity contribution >= 4 is 15.8 Å². The number of pyridine rings is 1. The van der Waals surface area contributed by atoms with Gasteiger partial charge in [-0.25, -0.2) is 13.4 Å². The van der Waals surface area contributed by atoms with E-state index < -0.39 is 15.6 Å². The molecular formula is C18H25N5O3S. The topological polar surface area (TPSA) is 90.7 Å². The van der Waals surface area contributed by atoms with Gasteiger partial charge in [-0.1, -0.05) is 0 Å². The van der Waals surface area contributed by atoms with Gasteiger partial charge in [-0.3, -0.25) is 5.32 Å². The van der Waals surface area contributed by atoms with Crippen LogP contribution < -0.4 is 15.5 Å². The third-order valence-corrected chi connectivity index (χ3v) is 7.32. The van der Waals surface area contributed by atoms with Crippen LogP contribution in [0.3, 0.4) is 0 Å². The molecule has 2 N–H and O–H groups in total. The third kappa shape index (κ3) is 4.01. The largest absolute Gasteiger partial charge is 0.464 e. The van der Waals surface area contributed by atoms with E-state index in [4.69, 9.17) is 4.42 Å². The number of hydrogen-bond acceptors (Lipinski definition) is 7. The number of nitrogens with one attached hydrogen (secondary N) is 2. The Kier molecular flexibility index (Phi) is 4.94. The number of furan rings is 1. The van der Waals surface area contributed by atoms with E-state index >= 15 is 0 Å². The van der Waals surface area contributed by atoms with E-state index in [1.807, 2.05) is 31.2 Å². The lowest BCUT2D eigenvalue weighted by molar-refractivity contribution is 0.373. The number of nitrogens with zero attached hydrogens (tertiary/aromatic N) is 3. The summed E-state index contributed by atoms with van der Waals surface area (Å²) in [5.74, 6) is 1.76. The monoisotopic (exact) mass is 391 g/mol. The number of aromatic nitrogens is 1. The maximum Gasteiger partial charge on any atom is 0.216 e. The van der Waals surface area contributed by atoms with E-state index in [-0.39, 0.29) is 5.75 Å². The number of rotatable bonds is 5. The molecule has 4 heterocycles. The van der Waals surface area contributed by atoms with E-state index in [9.17, 15) is 8.42 Å². The van der Waals surface area contributed by atoms with E-state index in [0.29, 0.717) is 39.4 Å². The summed E-state index contributed by atoms with van der Waals surface area (Å²) in [6.45, 7) is 5.49. The molecule has 2 saturated heterocycles. The van der Waals surface area contributed by atoms with Crippen molar-refractivity contribution in [1.82, 2.24) is 19.9 Å². The Labute approximate surface area is 159 Å². The lowest BCUT2D eigenvalue weighted by atomic mass is 10.1. The van der Waals surface area contributed by atoms with E-state index in [1.165, 1.54) is 0 Å². The fourth-order valence-corrected chi connectivity index (χ4v) is 5.54. The minimum atomic E-state index is -3.30. The molecule has 2 aliphatic rings. The first kappa shape index (κ1) is 18.4. The van der Waals surface area contributed by atoms with E-state index in [0.717, 1.165) is 17.1 Å². The zero-order chi connectivity index (χ0) is 18.9. The summed E-state index contributed by atoms with van der Waals surface area (Å²) in [5, 5.41) is 6.40. The molecule has 9 heteroatoms. The van der Waals surface area contributed by atoms with Gasteiger partial charge in [0.25, 0.3) is 0 Å². The first-order valence-corrected chi connectivity index (χ1v) is 10.7. The molecular weight excluding hydrogens is 366 g/mol. The molecule has 0 aromatic carbocycles. The Morgan fingerprint density at radius 1 is 1.22 bits per heavy atom. The van der Waals surface area contributed by atoms with Gasteiger partial charge in [0.1, 0.15) is 11.6 Å². The molecule has 0 aliphatic carbocycles. The van der Waals surface area contributed by atoms with Crippen molar-refractivity contribution in [2.45, 2.75) is 12.5 Å². The summed E-state index contributed by atoms with van der Waals surface area (Å²) in [6, 6.07) is 7.68. The van der Waals surface area contributed by atoms with E-state index in [2.05, 4.69) is 20.5 Å². The van der Waals surface area contributed by atoms with Gasteiger partial charge in [0, 0.05) is 56.7 Å². The molecule has 0 unspecified atom stereocenters. The summed E-state index contributed by atoms with van der Waals surface area (Å²) in [5.41, 5.74) is 0.523. The molecule has 2 aromatic rings. The third-order valence-electron chi connectivity index (χ3n) is 5.17.